The van der Waals surface area contributed by atoms with Gasteiger partial charge >= 0.3 is 6.03 Å². The minimum atomic E-state index is -4.09. The first-order valence-corrected chi connectivity index (χ1v) is 10.6. The molecule has 1 aliphatic rings. The first-order valence-electron chi connectivity index (χ1n) is 9.18. The summed E-state index contributed by atoms with van der Waals surface area (Å²) in [6, 6.07) is 16.6. The molecule has 0 saturated heterocycles. The Morgan fingerprint density at radius 3 is 2.37 bits per heavy atom. The van der Waals surface area contributed by atoms with Gasteiger partial charge in [-0.2, -0.15) is 4.31 Å². The molecule has 0 spiro atoms. The highest BCUT2D eigenvalue weighted by Crippen LogP contribution is 2.38. The van der Waals surface area contributed by atoms with E-state index < -0.39 is 21.9 Å². The monoisotopic (exact) mass is 426 g/mol. The molecule has 3 aromatic rings. The number of hydrogen-bond donors (Lipinski definition) is 0. The van der Waals surface area contributed by atoms with E-state index in [1.54, 1.807) is 48.5 Å². The van der Waals surface area contributed by atoms with Crippen LogP contribution in [0.5, 0.6) is 5.75 Å². The molecule has 0 saturated carbocycles. The molecule has 1 aliphatic heterocycles. The van der Waals surface area contributed by atoms with E-state index in [-0.39, 0.29) is 28.6 Å². The van der Waals surface area contributed by atoms with Gasteiger partial charge in [-0.05, 0) is 48.9 Å². The van der Waals surface area contributed by atoms with Crippen molar-refractivity contribution in [3.05, 3.63) is 83.7 Å². The molecule has 0 N–H and O–H groups in total. The number of methoxy groups -OCH3 is 1. The van der Waals surface area contributed by atoms with Crippen molar-refractivity contribution in [2.45, 2.75) is 18.4 Å². The van der Waals surface area contributed by atoms with Crippen molar-refractivity contribution in [2.75, 3.05) is 16.3 Å². The Morgan fingerprint density at radius 2 is 1.70 bits per heavy atom. The van der Waals surface area contributed by atoms with E-state index in [0.717, 1.165) is 9.87 Å². The van der Waals surface area contributed by atoms with E-state index in [4.69, 9.17) is 4.74 Å². The highest BCUT2D eigenvalue weighted by Gasteiger charge is 2.42. The van der Waals surface area contributed by atoms with Crippen molar-refractivity contribution in [3.8, 4) is 5.75 Å². The molecule has 0 atom stereocenters. The number of ether oxygens (including phenoxy) is 1. The highest BCUT2D eigenvalue weighted by atomic mass is 32.2. The van der Waals surface area contributed by atoms with E-state index in [9.17, 15) is 17.6 Å². The van der Waals surface area contributed by atoms with E-state index in [2.05, 4.69) is 0 Å². The minimum Gasteiger partial charge on any atom is -0.494 e. The predicted molar refractivity (Wildman–Crippen MR) is 112 cm³/mol. The molecule has 4 rings (SSSR count). The molecule has 1 heterocycles. The number of urea groups is 1. The number of carbonyl (C=O) groups is 1. The highest BCUT2D eigenvalue weighted by molar-refractivity contribution is 7.94. The van der Waals surface area contributed by atoms with Crippen molar-refractivity contribution in [1.82, 2.24) is 0 Å². The number of benzene rings is 3. The molecule has 0 aromatic heterocycles. The van der Waals surface area contributed by atoms with Gasteiger partial charge in [0.2, 0.25) is 0 Å². The minimum absolute atomic E-state index is 0.00532. The second-order valence-electron chi connectivity index (χ2n) is 6.91. The van der Waals surface area contributed by atoms with Crippen molar-refractivity contribution in [2.24, 2.45) is 0 Å². The number of aryl methyl sites for hydroxylation is 1. The topological polar surface area (TPSA) is 66.9 Å². The maximum absolute atomic E-state index is 14.2. The summed E-state index contributed by atoms with van der Waals surface area (Å²) in [6.07, 6.45) is 0. The van der Waals surface area contributed by atoms with Crippen LogP contribution in [-0.2, 0) is 16.6 Å². The molecule has 8 heteroatoms. The molecule has 2 amide bonds. The van der Waals surface area contributed by atoms with Crippen molar-refractivity contribution < 1.29 is 22.3 Å². The zero-order valence-electron chi connectivity index (χ0n) is 16.4. The molecule has 0 unspecified atom stereocenters. The van der Waals surface area contributed by atoms with Crippen LogP contribution in [0.4, 0.5) is 20.6 Å². The van der Waals surface area contributed by atoms with Crippen molar-refractivity contribution in [3.63, 3.8) is 0 Å². The van der Waals surface area contributed by atoms with Crippen LogP contribution in [0.25, 0.3) is 0 Å². The van der Waals surface area contributed by atoms with E-state index >= 15 is 0 Å². The van der Waals surface area contributed by atoms with Crippen LogP contribution in [0, 0.1) is 12.7 Å². The second-order valence-corrected chi connectivity index (χ2v) is 8.67. The summed E-state index contributed by atoms with van der Waals surface area (Å²) >= 11 is 0. The maximum atomic E-state index is 14.2. The molecule has 0 fully saturated rings. The molecular weight excluding hydrogens is 407 g/mol. The number of rotatable bonds is 4. The molecule has 0 bridgehead atoms. The number of sulfonamides is 1. The Balaban J connectivity index is 1.82. The van der Waals surface area contributed by atoms with Crippen molar-refractivity contribution in [1.29, 1.82) is 0 Å². The van der Waals surface area contributed by atoms with Gasteiger partial charge < -0.3 is 4.74 Å². The number of halogens is 1. The summed E-state index contributed by atoms with van der Waals surface area (Å²) in [5, 5.41) is 0. The molecule has 154 valence electrons. The Hall–Kier alpha value is -3.39. The quantitative estimate of drug-likeness (QED) is 0.617. The van der Waals surface area contributed by atoms with Crippen LogP contribution < -0.4 is 13.9 Å². The largest absolute Gasteiger partial charge is 0.494 e. The third-order valence-electron chi connectivity index (χ3n) is 4.90. The summed E-state index contributed by atoms with van der Waals surface area (Å²) in [4.78, 5) is 14.7. The molecule has 0 aliphatic carbocycles. The zero-order valence-corrected chi connectivity index (χ0v) is 17.2. The van der Waals surface area contributed by atoms with Crippen LogP contribution >= 0.6 is 0 Å². The summed E-state index contributed by atoms with van der Waals surface area (Å²) < 4.78 is 46.4. The number of fused-ring (bicyclic) bond motifs is 1. The van der Waals surface area contributed by atoms with Gasteiger partial charge in [0, 0.05) is 0 Å². The second kappa shape index (κ2) is 7.46. The Morgan fingerprint density at radius 1 is 1.00 bits per heavy atom. The predicted octanol–water partition coefficient (Wildman–Crippen LogP) is 4.48. The van der Waals surface area contributed by atoms with E-state index in [1.165, 1.54) is 30.2 Å². The smallest absolute Gasteiger partial charge is 0.343 e. The molecule has 6 nitrogen and oxygen atoms in total. The number of para-hydroxylation sites is 1. The SMILES string of the molecule is COc1ccc(CN2C(=O)N(c3ccc(C)cc3)S(=O)(=O)c3ccccc32)cc1F. The average molecular weight is 426 g/mol. The summed E-state index contributed by atoms with van der Waals surface area (Å²) in [5.41, 5.74) is 1.93. The fourth-order valence-corrected chi connectivity index (χ4v) is 4.98. The lowest BCUT2D eigenvalue weighted by Gasteiger charge is -2.36. The lowest BCUT2D eigenvalue weighted by atomic mass is 10.1. The first kappa shape index (κ1) is 19.9. The fraction of sp³-hybridized carbons (Fsp3) is 0.136. The van der Waals surface area contributed by atoms with Crippen LogP contribution in [-0.4, -0.2) is 21.6 Å². The Labute approximate surface area is 174 Å². The van der Waals surface area contributed by atoms with Gasteiger partial charge in [-0.15, -0.1) is 0 Å². The number of anilines is 2. The van der Waals surface area contributed by atoms with E-state index in [0.29, 0.717) is 5.56 Å². The van der Waals surface area contributed by atoms with Gasteiger partial charge in [0.05, 0.1) is 25.0 Å². The van der Waals surface area contributed by atoms with Crippen molar-refractivity contribution >= 4 is 27.4 Å². The number of nitrogens with zero attached hydrogens (tertiary/aromatic N) is 2. The maximum Gasteiger partial charge on any atom is 0.343 e. The Bertz CT molecular complexity index is 1230. The first-order chi connectivity index (χ1) is 14.3. The van der Waals surface area contributed by atoms with Gasteiger partial charge in [-0.25, -0.2) is 17.6 Å². The summed E-state index contributed by atoms with van der Waals surface area (Å²) in [5.74, 6) is -0.469. The Kier molecular flexibility index (Phi) is 4.95. The molecule has 30 heavy (non-hydrogen) atoms. The number of amides is 2. The van der Waals surface area contributed by atoms with Gasteiger partial charge in [0.1, 0.15) is 4.90 Å². The number of hydrogen-bond acceptors (Lipinski definition) is 4. The summed E-state index contributed by atoms with van der Waals surface area (Å²) in [6.45, 7) is 1.87. The normalized spacial score (nSPS) is 15.1. The van der Waals surface area contributed by atoms with Gasteiger partial charge in [-0.3, -0.25) is 4.90 Å². The number of carbonyl (C=O) groups excluding carboxylic acids is 1. The van der Waals surface area contributed by atoms with Gasteiger partial charge in [-0.1, -0.05) is 35.9 Å². The third-order valence-corrected chi connectivity index (χ3v) is 6.65. The molecular formula is C22H19FN2O4S. The van der Waals surface area contributed by atoms with Gasteiger partial charge in [0.15, 0.2) is 11.6 Å². The fourth-order valence-electron chi connectivity index (χ4n) is 3.39. The lowest BCUT2D eigenvalue weighted by Crippen LogP contribution is -2.50. The van der Waals surface area contributed by atoms with Gasteiger partial charge in [0.25, 0.3) is 10.0 Å². The average Bonchev–Trinajstić information content (AvgIpc) is 2.73. The summed E-state index contributed by atoms with van der Waals surface area (Å²) in [7, 11) is -2.73. The zero-order chi connectivity index (χ0) is 21.5. The third kappa shape index (κ3) is 3.29. The van der Waals surface area contributed by atoms with Crippen LogP contribution in [0.15, 0.2) is 71.6 Å². The van der Waals surface area contributed by atoms with Crippen LogP contribution in [0.2, 0.25) is 0 Å². The molecule has 3 aromatic carbocycles. The van der Waals surface area contributed by atoms with Crippen LogP contribution in [0.3, 0.4) is 0 Å². The molecule has 0 radical (unpaired) electrons. The van der Waals surface area contributed by atoms with E-state index in [1.807, 2.05) is 6.92 Å². The lowest BCUT2D eigenvalue weighted by molar-refractivity contribution is 0.253. The van der Waals surface area contributed by atoms with Crippen LogP contribution in [0.1, 0.15) is 11.1 Å². The standard InChI is InChI=1S/C22H19FN2O4S/c1-15-7-10-17(11-8-15)25-22(26)24(14-16-9-12-20(29-2)18(23)13-16)19-5-3-4-6-21(19)30(25,27)28/h3-13H,14H2,1-2H3.